The fraction of sp³-hybridized carbons (Fsp3) is 0.769. The Hall–Kier alpha value is 0.320. The first-order chi connectivity index (χ1) is 9.32. The van der Waals surface area contributed by atoms with Crippen molar-refractivity contribution in [3.63, 3.8) is 0 Å². The van der Waals surface area contributed by atoms with E-state index in [0.717, 1.165) is 19.3 Å². The summed E-state index contributed by atoms with van der Waals surface area (Å²) in [5.41, 5.74) is 0.195. The van der Waals surface area contributed by atoms with Gasteiger partial charge in [0.25, 0.3) is 0 Å². The molecule has 0 aromatic rings. The molecule has 0 bridgehead atoms. The largest absolute Gasteiger partial charge is 1.00 e. The number of phosphoric ester groups is 1. The van der Waals surface area contributed by atoms with Crippen molar-refractivity contribution in [1.29, 1.82) is 0 Å². The van der Waals surface area contributed by atoms with E-state index in [0.29, 0.717) is 6.42 Å². The van der Waals surface area contributed by atoms with E-state index in [2.05, 4.69) is 13.5 Å². The summed E-state index contributed by atoms with van der Waals surface area (Å²) in [6.07, 6.45) is 2.85. The number of carbonyl (C=O) groups is 1. The molecule has 0 fully saturated rings. The van der Waals surface area contributed by atoms with Gasteiger partial charge in [-0.15, -0.1) is 0 Å². The van der Waals surface area contributed by atoms with Gasteiger partial charge in [-0.3, -0.25) is 4.52 Å². The molecule has 0 aromatic carbocycles. The first-order valence-corrected chi connectivity index (χ1v) is 8.34. The van der Waals surface area contributed by atoms with Crippen molar-refractivity contribution in [2.24, 2.45) is 0 Å². The van der Waals surface area contributed by atoms with E-state index in [-0.39, 0.29) is 49.6 Å². The van der Waals surface area contributed by atoms with Crippen LogP contribution in [-0.4, -0.2) is 23.8 Å². The molecule has 21 heavy (non-hydrogen) atoms. The van der Waals surface area contributed by atoms with Gasteiger partial charge in [0.15, 0.2) is 0 Å². The molecule has 1 N–H and O–H groups in total. The van der Waals surface area contributed by atoms with Gasteiger partial charge in [-0.25, -0.2) is 13.9 Å². The Labute approximate surface area is 150 Å². The van der Waals surface area contributed by atoms with E-state index in [1.807, 2.05) is 0 Å². The molecule has 0 rings (SSSR count). The van der Waals surface area contributed by atoms with Crippen LogP contribution < -0.4 is 29.6 Å². The van der Waals surface area contributed by atoms with Crippen LogP contribution in [0.3, 0.4) is 0 Å². The first kappa shape index (κ1) is 23.6. The van der Waals surface area contributed by atoms with Crippen molar-refractivity contribution in [3.8, 4) is 0 Å². The summed E-state index contributed by atoms with van der Waals surface area (Å²) in [4.78, 5) is 20.8. The molecule has 0 heterocycles. The maximum atomic E-state index is 11.7. The van der Waals surface area contributed by atoms with Crippen molar-refractivity contribution in [3.05, 3.63) is 12.2 Å². The van der Waals surface area contributed by atoms with E-state index < -0.39 is 20.1 Å². The number of esters is 1. The van der Waals surface area contributed by atoms with E-state index in [4.69, 9.17) is 13.8 Å². The van der Waals surface area contributed by atoms with Crippen molar-refractivity contribution < 1.29 is 59.0 Å². The fourth-order valence-corrected chi connectivity index (χ4v) is 2.20. The minimum Gasteiger partial charge on any atom is -1.00 e. The van der Waals surface area contributed by atoms with E-state index in [1.165, 1.54) is 6.92 Å². The van der Waals surface area contributed by atoms with Gasteiger partial charge in [0.05, 0.1) is 6.61 Å². The van der Waals surface area contributed by atoms with Crippen molar-refractivity contribution in [1.82, 2.24) is 0 Å². The second-order valence-electron chi connectivity index (χ2n) is 4.49. The van der Waals surface area contributed by atoms with Crippen LogP contribution >= 0.6 is 7.82 Å². The van der Waals surface area contributed by atoms with Crippen LogP contribution in [0.1, 0.15) is 54.3 Å². The summed E-state index contributed by atoms with van der Waals surface area (Å²) in [5, 5.41) is 0. The molecule has 6 nitrogen and oxygen atoms in total. The molecule has 0 amide bonds. The average molecular weight is 332 g/mol. The molecule has 0 aromatic heterocycles. The molecule has 120 valence electrons. The first-order valence-electron chi connectivity index (χ1n) is 6.84. The van der Waals surface area contributed by atoms with Crippen molar-refractivity contribution in [2.75, 3.05) is 6.61 Å². The van der Waals surface area contributed by atoms with Gasteiger partial charge in [0, 0.05) is 12.0 Å². The molecular weight excluding hydrogens is 306 g/mol. The van der Waals surface area contributed by atoms with Crippen LogP contribution in [0.25, 0.3) is 0 Å². The van der Waals surface area contributed by atoms with Crippen LogP contribution in [0.15, 0.2) is 12.2 Å². The zero-order valence-electron chi connectivity index (χ0n) is 14.5. The van der Waals surface area contributed by atoms with E-state index in [9.17, 15) is 14.3 Å². The minimum absolute atomic E-state index is 0. The third-order valence-electron chi connectivity index (χ3n) is 2.42. The predicted molar refractivity (Wildman–Crippen MR) is 77.1 cm³/mol. The summed E-state index contributed by atoms with van der Waals surface area (Å²) in [6.45, 7) is 8.78. The topological polar surface area (TPSA) is 82.1 Å². The summed E-state index contributed by atoms with van der Waals surface area (Å²) in [6, 6.07) is 0. The number of unbranched alkanes of at least 4 members (excludes halogenated alkanes) is 3. The second-order valence-corrected chi connectivity index (χ2v) is 5.90. The molecule has 0 aliphatic rings. The molecule has 2 unspecified atom stereocenters. The van der Waals surface area contributed by atoms with E-state index in [1.54, 1.807) is 6.92 Å². The number of phosphoric acid groups is 1. The van der Waals surface area contributed by atoms with E-state index >= 15 is 0 Å². The maximum Gasteiger partial charge on any atom is 1.00 e. The molecule has 0 saturated carbocycles. The van der Waals surface area contributed by atoms with Crippen LogP contribution in [0.5, 0.6) is 0 Å². The number of hydrogen-bond acceptors (Lipinski definition) is 5. The van der Waals surface area contributed by atoms with Gasteiger partial charge < -0.3 is 11.1 Å². The third kappa shape index (κ3) is 12.5. The average Bonchev–Trinajstić information content (AvgIpc) is 2.37. The quantitative estimate of drug-likeness (QED) is 0.150. The van der Waals surface area contributed by atoms with Gasteiger partial charge in [-0.2, -0.15) is 0 Å². The zero-order chi connectivity index (χ0) is 15.6. The van der Waals surface area contributed by atoms with Gasteiger partial charge in [-0.1, -0.05) is 39.7 Å². The standard InChI is InChI=1S/C13H25O6P.Na.H/c1-5-7-8-9-10-17-20(15,16)19-12(6-2)18-13(14)11(3)4;;/h12H,3,5-10H2,1-2,4H3,(H,15,16);;/q;+1;-1. The number of rotatable bonds is 11. The summed E-state index contributed by atoms with van der Waals surface area (Å²) in [5.74, 6) is -0.667. The molecule has 0 saturated heterocycles. The minimum atomic E-state index is -4.21. The molecule has 0 spiro atoms. The van der Waals surface area contributed by atoms with Gasteiger partial charge in [0.2, 0.25) is 6.29 Å². The van der Waals surface area contributed by atoms with Crippen LogP contribution in [0, 0.1) is 0 Å². The van der Waals surface area contributed by atoms with Gasteiger partial charge in [-0.05, 0) is 13.3 Å². The smallest absolute Gasteiger partial charge is 1.00 e. The third-order valence-corrected chi connectivity index (χ3v) is 3.43. The Balaban J connectivity index is -0.00000180. The molecule has 0 radical (unpaired) electrons. The van der Waals surface area contributed by atoms with Gasteiger partial charge >= 0.3 is 43.3 Å². The number of carbonyl (C=O) groups excluding carboxylic acids is 1. The fourth-order valence-electron chi connectivity index (χ4n) is 1.29. The number of hydrogen-bond donors (Lipinski definition) is 1. The predicted octanol–water partition coefficient (Wildman–Crippen LogP) is 0.672. The summed E-state index contributed by atoms with van der Waals surface area (Å²) in [7, 11) is -4.21. The normalized spacial score (nSPS) is 14.7. The molecule has 0 aliphatic carbocycles. The molecule has 2 atom stereocenters. The summed E-state index contributed by atoms with van der Waals surface area (Å²) >= 11 is 0. The maximum absolute atomic E-state index is 11.7. The van der Waals surface area contributed by atoms with Gasteiger partial charge in [0.1, 0.15) is 0 Å². The Morgan fingerprint density at radius 2 is 1.95 bits per heavy atom. The zero-order valence-corrected chi connectivity index (χ0v) is 16.4. The Morgan fingerprint density at radius 3 is 2.43 bits per heavy atom. The van der Waals surface area contributed by atoms with Crippen LogP contribution in [0.2, 0.25) is 0 Å². The molecular formula is C13H26NaO6P. The van der Waals surface area contributed by atoms with Crippen molar-refractivity contribution >= 4 is 13.8 Å². The Morgan fingerprint density at radius 1 is 1.33 bits per heavy atom. The molecule has 0 aliphatic heterocycles. The SMILES string of the molecule is C=C(C)C(=O)OC(CC)OP(=O)(O)OCCCCCC.[H-].[Na+]. The monoisotopic (exact) mass is 332 g/mol. The Kier molecular flexibility index (Phi) is 14.4. The van der Waals surface area contributed by atoms with Crippen LogP contribution in [-0.2, 0) is 23.1 Å². The molecule has 8 heteroatoms. The van der Waals surface area contributed by atoms with Crippen molar-refractivity contribution in [2.45, 2.75) is 59.2 Å². The Bertz CT molecular complexity index is 366. The summed E-state index contributed by atoms with van der Waals surface area (Å²) < 4.78 is 26.2. The van der Waals surface area contributed by atoms with Crippen LogP contribution in [0.4, 0.5) is 0 Å². The number of ether oxygens (including phenoxy) is 1. The second kappa shape index (κ2) is 12.8.